The van der Waals surface area contributed by atoms with Crippen LogP contribution in [-0.4, -0.2) is 62.2 Å². The third kappa shape index (κ3) is 9.77. The molecule has 1 amide bonds. The SMILES string of the molecule is Cc1ccc(C(=O)Nc2ccc(OC(F)(F)F)cc2)c(=O)n1Cc1cccc(N2CC[NH+](C)CC2)c1.O=C([O-])C(F)(F)F. The lowest BCUT2D eigenvalue weighted by Gasteiger charge is -2.32. The van der Waals surface area contributed by atoms with Gasteiger partial charge in [-0.05, 0) is 61.0 Å². The van der Waals surface area contributed by atoms with Crippen molar-refractivity contribution in [3.05, 3.63) is 87.8 Å². The van der Waals surface area contributed by atoms with Crippen molar-refractivity contribution < 1.29 is 50.7 Å². The topological polar surface area (TPSA) is 108 Å². The normalized spacial score (nSPS) is 14.0. The van der Waals surface area contributed by atoms with E-state index in [2.05, 4.69) is 34.1 Å². The molecule has 0 spiro atoms. The van der Waals surface area contributed by atoms with Gasteiger partial charge in [-0.15, -0.1) is 13.2 Å². The fourth-order valence-electron chi connectivity index (χ4n) is 4.16. The van der Waals surface area contributed by atoms with Crippen LogP contribution in [0.2, 0.25) is 0 Å². The van der Waals surface area contributed by atoms with E-state index in [-0.39, 0.29) is 11.3 Å². The lowest BCUT2D eigenvalue weighted by atomic mass is 10.1. The molecule has 1 aliphatic rings. The van der Waals surface area contributed by atoms with E-state index in [1.165, 1.54) is 23.1 Å². The van der Waals surface area contributed by atoms with Gasteiger partial charge in [0.05, 0.1) is 39.8 Å². The molecule has 0 radical (unpaired) electrons. The summed E-state index contributed by atoms with van der Waals surface area (Å²) in [7, 11) is 2.18. The lowest BCUT2D eigenvalue weighted by Crippen LogP contribution is -3.12. The van der Waals surface area contributed by atoms with Crippen LogP contribution in [-0.2, 0) is 11.3 Å². The van der Waals surface area contributed by atoms with Gasteiger partial charge in [-0.25, -0.2) is 0 Å². The molecule has 2 aromatic carbocycles. The number of pyridine rings is 1. The molecule has 0 saturated carbocycles. The first-order valence-corrected chi connectivity index (χ1v) is 12.8. The molecule has 1 fully saturated rings. The number of carboxylic acid groups (broad SMARTS) is 1. The molecule has 0 atom stereocenters. The minimum atomic E-state index is -5.19. The lowest BCUT2D eigenvalue weighted by molar-refractivity contribution is -0.880. The van der Waals surface area contributed by atoms with Crippen LogP contribution in [0.4, 0.5) is 37.7 Å². The molecule has 2 N–H and O–H groups in total. The zero-order valence-electron chi connectivity index (χ0n) is 23.0. The first kappa shape index (κ1) is 33.0. The van der Waals surface area contributed by atoms with E-state index in [1.54, 1.807) is 17.6 Å². The van der Waals surface area contributed by atoms with Gasteiger partial charge in [-0.3, -0.25) is 9.59 Å². The highest BCUT2D eigenvalue weighted by Crippen LogP contribution is 2.24. The van der Waals surface area contributed by atoms with Crippen molar-refractivity contribution in [3.8, 4) is 5.75 Å². The van der Waals surface area contributed by atoms with Gasteiger partial charge < -0.3 is 34.3 Å². The van der Waals surface area contributed by atoms with E-state index in [9.17, 15) is 35.9 Å². The Morgan fingerprint density at radius 2 is 1.58 bits per heavy atom. The molecule has 3 aromatic rings. The molecule has 2 heterocycles. The number of quaternary nitrogens is 1. The van der Waals surface area contributed by atoms with Crippen LogP contribution in [0.1, 0.15) is 21.6 Å². The molecule has 43 heavy (non-hydrogen) atoms. The number of aliphatic carboxylic acids is 1. The van der Waals surface area contributed by atoms with Crippen molar-refractivity contribution in [2.24, 2.45) is 0 Å². The number of halogens is 6. The number of benzene rings is 2. The minimum Gasteiger partial charge on any atom is -0.542 e. The third-order valence-electron chi connectivity index (χ3n) is 6.45. The van der Waals surface area contributed by atoms with Crippen molar-refractivity contribution in [2.75, 3.05) is 43.4 Å². The summed E-state index contributed by atoms with van der Waals surface area (Å²) >= 11 is 0. The maximum atomic E-state index is 13.2. The van der Waals surface area contributed by atoms with E-state index in [4.69, 9.17) is 9.90 Å². The highest BCUT2D eigenvalue weighted by Gasteiger charge is 2.31. The van der Waals surface area contributed by atoms with E-state index < -0.39 is 35.7 Å². The Kier molecular flexibility index (Phi) is 10.5. The predicted molar refractivity (Wildman–Crippen MR) is 142 cm³/mol. The number of anilines is 2. The number of likely N-dealkylation sites (N-methyl/N-ethyl adjacent to an activating group) is 1. The fraction of sp³-hybridized carbons (Fsp3) is 0.321. The van der Waals surface area contributed by atoms with Gasteiger partial charge in [-0.1, -0.05) is 12.1 Å². The predicted octanol–water partition coefficient (Wildman–Crippen LogP) is 1.99. The number of hydrogen-bond acceptors (Lipinski definition) is 6. The van der Waals surface area contributed by atoms with Gasteiger partial charge in [0.25, 0.3) is 11.5 Å². The molecular formula is C28H28F6N4O5. The summed E-state index contributed by atoms with van der Waals surface area (Å²) in [6.45, 7) is 6.17. The molecule has 4 rings (SSSR count). The standard InChI is InChI=1S/C26H27F3N4O3.C2HF3O2/c1-18-6-11-23(24(34)30-20-7-9-22(10-8-20)36-26(27,28)29)25(35)33(18)17-19-4-3-5-21(16-19)32-14-12-31(2)13-15-32;3-2(4,5)1(6)7/h3-11,16H,12-15,17H2,1-2H3,(H,30,34);(H,6,7). The largest absolute Gasteiger partial charge is 0.573 e. The van der Waals surface area contributed by atoms with Crippen molar-refractivity contribution >= 4 is 23.3 Å². The second-order valence-corrected chi connectivity index (χ2v) is 9.71. The molecule has 15 heteroatoms. The summed E-state index contributed by atoms with van der Waals surface area (Å²) in [4.78, 5) is 38.6. The van der Waals surface area contributed by atoms with E-state index >= 15 is 0 Å². The minimum absolute atomic E-state index is 0.0607. The molecule has 0 aliphatic carbocycles. The number of aromatic nitrogens is 1. The second kappa shape index (κ2) is 13.6. The average molecular weight is 615 g/mol. The fourth-order valence-corrected chi connectivity index (χ4v) is 4.16. The number of rotatable bonds is 6. The van der Waals surface area contributed by atoms with Gasteiger partial charge in [0, 0.05) is 17.1 Å². The highest BCUT2D eigenvalue weighted by molar-refractivity contribution is 6.04. The summed E-state index contributed by atoms with van der Waals surface area (Å²) in [6.07, 6.45) is -10.00. The summed E-state index contributed by atoms with van der Waals surface area (Å²) in [5.41, 5.74) is 2.49. The van der Waals surface area contributed by atoms with Gasteiger partial charge in [-0.2, -0.15) is 13.2 Å². The summed E-state index contributed by atoms with van der Waals surface area (Å²) < 4.78 is 74.0. The highest BCUT2D eigenvalue weighted by atomic mass is 19.4. The zero-order valence-corrected chi connectivity index (χ0v) is 23.0. The second-order valence-electron chi connectivity index (χ2n) is 9.71. The number of ether oxygens (including phenoxy) is 1. The molecule has 1 saturated heterocycles. The van der Waals surface area contributed by atoms with Crippen LogP contribution in [0.5, 0.6) is 5.75 Å². The summed E-state index contributed by atoms with van der Waals surface area (Å²) in [5.74, 6) is -4.06. The number of carboxylic acids is 1. The Labute approximate surface area is 241 Å². The van der Waals surface area contributed by atoms with E-state index in [0.29, 0.717) is 12.2 Å². The number of alkyl halides is 6. The molecule has 9 nitrogen and oxygen atoms in total. The van der Waals surface area contributed by atoms with Crippen LogP contribution in [0.3, 0.4) is 0 Å². The first-order chi connectivity index (χ1) is 20.0. The molecule has 0 unspecified atom stereocenters. The smallest absolute Gasteiger partial charge is 0.542 e. The number of aryl methyl sites for hydroxylation is 1. The number of piperazine rings is 1. The van der Waals surface area contributed by atoms with Crippen molar-refractivity contribution in [2.45, 2.75) is 26.0 Å². The average Bonchev–Trinajstić information content (AvgIpc) is 2.91. The van der Waals surface area contributed by atoms with Crippen LogP contribution in [0, 0.1) is 6.92 Å². The van der Waals surface area contributed by atoms with E-state index in [1.807, 2.05) is 12.1 Å². The number of carbonyl (C=O) groups is 2. The third-order valence-corrected chi connectivity index (χ3v) is 6.45. The summed E-state index contributed by atoms with van der Waals surface area (Å²) in [6, 6.07) is 15.9. The van der Waals surface area contributed by atoms with Crippen LogP contribution < -0.4 is 30.5 Å². The van der Waals surface area contributed by atoms with Crippen molar-refractivity contribution in [3.63, 3.8) is 0 Å². The monoisotopic (exact) mass is 614 g/mol. The van der Waals surface area contributed by atoms with Crippen molar-refractivity contribution in [1.82, 2.24) is 4.57 Å². The number of nitrogens with one attached hydrogen (secondary N) is 2. The summed E-state index contributed by atoms with van der Waals surface area (Å²) in [5, 5.41) is 11.3. The number of amides is 1. The van der Waals surface area contributed by atoms with Gasteiger partial charge >= 0.3 is 12.5 Å². The Hall–Kier alpha value is -4.53. The first-order valence-electron chi connectivity index (χ1n) is 12.8. The van der Waals surface area contributed by atoms with Crippen molar-refractivity contribution in [1.29, 1.82) is 0 Å². The zero-order chi connectivity index (χ0) is 31.9. The Balaban J connectivity index is 0.000000646. The van der Waals surface area contributed by atoms with Gasteiger partial charge in [0.2, 0.25) is 0 Å². The maximum Gasteiger partial charge on any atom is 0.573 e. The Morgan fingerprint density at radius 3 is 2.14 bits per heavy atom. The Bertz CT molecular complexity index is 1480. The molecule has 232 valence electrons. The molecule has 0 bridgehead atoms. The number of carbonyl (C=O) groups excluding carboxylic acids is 2. The molecule has 1 aromatic heterocycles. The van der Waals surface area contributed by atoms with E-state index in [0.717, 1.165) is 49.6 Å². The number of nitrogens with zero attached hydrogens (tertiary/aromatic N) is 2. The molecule has 1 aliphatic heterocycles. The van der Waals surface area contributed by atoms with Gasteiger partial charge in [0.15, 0.2) is 0 Å². The Morgan fingerprint density at radius 1 is 0.977 bits per heavy atom. The maximum absolute atomic E-state index is 13.2. The quantitative estimate of drug-likeness (QED) is 0.412. The number of hydrogen-bond donors (Lipinski definition) is 2. The molecular weight excluding hydrogens is 586 g/mol. The van der Waals surface area contributed by atoms with Gasteiger partial charge in [0.1, 0.15) is 17.3 Å². The van der Waals surface area contributed by atoms with Crippen LogP contribution in [0.25, 0.3) is 0 Å². The van der Waals surface area contributed by atoms with Crippen LogP contribution in [0.15, 0.2) is 65.5 Å². The van der Waals surface area contributed by atoms with Crippen LogP contribution >= 0.6 is 0 Å².